The number of nitrogens with one attached hydrogen (secondary N) is 1. The summed E-state index contributed by atoms with van der Waals surface area (Å²) in [6.07, 6.45) is 2.02. The van der Waals surface area contributed by atoms with Crippen LogP contribution in [0.1, 0.15) is 26.7 Å². The third kappa shape index (κ3) is 5.52. The van der Waals surface area contributed by atoms with E-state index in [-0.39, 0.29) is 6.61 Å². The van der Waals surface area contributed by atoms with Crippen LogP contribution in [0.4, 0.5) is 0 Å². The second kappa shape index (κ2) is 6.77. The summed E-state index contributed by atoms with van der Waals surface area (Å²) in [5.41, 5.74) is 0. The summed E-state index contributed by atoms with van der Waals surface area (Å²) < 4.78 is 6.61. The maximum atomic E-state index is 10.8. The molecule has 1 amide bonds. The van der Waals surface area contributed by atoms with E-state index in [1.54, 1.807) is 0 Å². The quantitative estimate of drug-likeness (QED) is 0.408. The monoisotopic (exact) mass is 205 g/mol. The molecule has 0 bridgehead atoms. The van der Waals surface area contributed by atoms with Gasteiger partial charge in [0.2, 0.25) is 0 Å². The average molecular weight is 205 g/mol. The number of ether oxygens (including phenoxy) is 1. The van der Waals surface area contributed by atoms with E-state index in [0.29, 0.717) is 5.92 Å². The van der Waals surface area contributed by atoms with E-state index in [4.69, 9.17) is 4.74 Å². The van der Waals surface area contributed by atoms with Crippen LogP contribution < -0.4 is 4.72 Å². The van der Waals surface area contributed by atoms with E-state index in [9.17, 15) is 9.59 Å². The van der Waals surface area contributed by atoms with Crippen molar-refractivity contribution in [1.82, 2.24) is 4.72 Å². The fraction of sp³-hybridized carbons (Fsp3) is 0.750. The zero-order valence-corrected chi connectivity index (χ0v) is 8.77. The molecular weight excluding hydrogens is 190 g/mol. The van der Waals surface area contributed by atoms with Crippen molar-refractivity contribution in [3.8, 4) is 0 Å². The van der Waals surface area contributed by atoms with Crippen LogP contribution in [0, 0.1) is 5.92 Å². The first kappa shape index (κ1) is 12.3. The lowest BCUT2D eigenvalue weighted by atomic mass is 10.1. The van der Waals surface area contributed by atoms with Gasteiger partial charge in [-0.2, -0.15) is 0 Å². The molecule has 5 heteroatoms. The fourth-order valence-corrected chi connectivity index (χ4v) is 0.997. The molecule has 13 heavy (non-hydrogen) atoms. The van der Waals surface area contributed by atoms with Crippen LogP contribution >= 0.6 is 12.8 Å². The van der Waals surface area contributed by atoms with Gasteiger partial charge in [0.1, 0.15) is 0 Å². The standard InChI is InChI=1S/C8H15NO3S/c1-3-4-6(2)5-12-8(11)7(10)9-13/h6,13H,3-5H2,1-2H3,(H,9,10). The van der Waals surface area contributed by atoms with Crippen LogP contribution in [0.25, 0.3) is 0 Å². The zero-order chi connectivity index (χ0) is 10.3. The minimum atomic E-state index is -0.877. The summed E-state index contributed by atoms with van der Waals surface area (Å²) in [7, 11) is 0. The third-order valence-corrected chi connectivity index (χ3v) is 1.77. The molecule has 76 valence electrons. The maximum Gasteiger partial charge on any atom is 0.397 e. The number of rotatable bonds is 4. The van der Waals surface area contributed by atoms with E-state index in [1.165, 1.54) is 0 Å². The molecule has 0 rings (SSSR count). The topological polar surface area (TPSA) is 55.4 Å². The lowest BCUT2D eigenvalue weighted by Gasteiger charge is -2.09. The second-order valence-electron chi connectivity index (χ2n) is 2.93. The van der Waals surface area contributed by atoms with Crippen molar-refractivity contribution in [2.75, 3.05) is 6.61 Å². The molecule has 0 aromatic carbocycles. The lowest BCUT2D eigenvalue weighted by molar-refractivity contribution is -0.154. The van der Waals surface area contributed by atoms with Crippen LogP contribution in [0.2, 0.25) is 0 Å². The van der Waals surface area contributed by atoms with Crippen molar-refractivity contribution in [3.63, 3.8) is 0 Å². The van der Waals surface area contributed by atoms with Crippen LogP contribution in [0.15, 0.2) is 0 Å². The number of amides is 1. The predicted molar refractivity (Wildman–Crippen MR) is 52.2 cm³/mol. The van der Waals surface area contributed by atoms with Gasteiger partial charge in [0.15, 0.2) is 0 Å². The van der Waals surface area contributed by atoms with Gasteiger partial charge in [-0.1, -0.05) is 33.1 Å². The summed E-state index contributed by atoms with van der Waals surface area (Å²) in [6, 6.07) is 0. The summed E-state index contributed by atoms with van der Waals surface area (Å²) in [5, 5.41) is 0. The van der Waals surface area contributed by atoms with E-state index < -0.39 is 11.9 Å². The summed E-state index contributed by atoms with van der Waals surface area (Å²) >= 11 is 3.44. The van der Waals surface area contributed by atoms with Gasteiger partial charge in [-0.15, -0.1) is 0 Å². The van der Waals surface area contributed by atoms with Gasteiger partial charge >= 0.3 is 11.9 Å². The predicted octanol–water partition coefficient (Wildman–Crippen LogP) is 0.927. The molecule has 0 aliphatic heterocycles. The van der Waals surface area contributed by atoms with E-state index in [2.05, 4.69) is 19.7 Å². The normalized spacial score (nSPS) is 11.9. The van der Waals surface area contributed by atoms with Crippen molar-refractivity contribution >= 4 is 24.7 Å². The molecule has 1 atom stereocenters. The molecule has 0 radical (unpaired) electrons. The molecule has 0 aliphatic rings. The van der Waals surface area contributed by atoms with Crippen molar-refractivity contribution in [1.29, 1.82) is 0 Å². The molecule has 0 fully saturated rings. The molecule has 0 aliphatic carbocycles. The Morgan fingerprint density at radius 2 is 2.15 bits per heavy atom. The Kier molecular flexibility index (Phi) is 6.40. The van der Waals surface area contributed by atoms with E-state index >= 15 is 0 Å². The SMILES string of the molecule is CCCC(C)COC(=O)C(=O)NS. The zero-order valence-electron chi connectivity index (χ0n) is 7.87. The minimum absolute atomic E-state index is 0.286. The van der Waals surface area contributed by atoms with Crippen LogP contribution in [-0.2, 0) is 14.3 Å². The molecular formula is C8H15NO3S. The lowest BCUT2D eigenvalue weighted by Crippen LogP contribution is -2.27. The number of hydrogen-bond donors (Lipinski definition) is 2. The summed E-state index contributed by atoms with van der Waals surface area (Å²) in [5.74, 6) is -1.41. The van der Waals surface area contributed by atoms with Crippen LogP contribution in [-0.4, -0.2) is 18.5 Å². The largest absolute Gasteiger partial charge is 0.458 e. The molecule has 0 spiro atoms. The van der Waals surface area contributed by atoms with Crippen molar-refractivity contribution in [2.45, 2.75) is 26.7 Å². The molecule has 0 aromatic rings. The van der Waals surface area contributed by atoms with Gasteiger partial charge in [0, 0.05) is 0 Å². The van der Waals surface area contributed by atoms with E-state index in [1.807, 2.05) is 11.6 Å². The van der Waals surface area contributed by atoms with Crippen molar-refractivity contribution < 1.29 is 14.3 Å². The van der Waals surface area contributed by atoms with Crippen LogP contribution in [0.5, 0.6) is 0 Å². The summed E-state index contributed by atoms with van der Waals surface area (Å²) in [4.78, 5) is 21.4. The van der Waals surface area contributed by atoms with Gasteiger partial charge in [-0.3, -0.25) is 9.52 Å². The fourth-order valence-electron chi connectivity index (χ4n) is 0.905. The second-order valence-corrected chi connectivity index (χ2v) is 3.16. The average Bonchev–Trinajstić information content (AvgIpc) is 2.13. The molecule has 0 saturated carbocycles. The number of esters is 1. The van der Waals surface area contributed by atoms with Crippen LogP contribution in [0.3, 0.4) is 0 Å². The highest BCUT2D eigenvalue weighted by Crippen LogP contribution is 2.04. The highest BCUT2D eigenvalue weighted by Gasteiger charge is 2.14. The molecule has 1 N–H and O–H groups in total. The van der Waals surface area contributed by atoms with Gasteiger partial charge in [0.25, 0.3) is 0 Å². The smallest absolute Gasteiger partial charge is 0.397 e. The first-order chi connectivity index (χ1) is 6.11. The maximum absolute atomic E-state index is 10.8. The Bertz CT molecular complexity index is 184. The Morgan fingerprint density at radius 3 is 2.62 bits per heavy atom. The number of carbonyl (C=O) groups is 2. The van der Waals surface area contributed by atoms with Gasteiger partial charge in [0.05, 0.1) is 6.61 Å². The van der Waals surface area contributed by atoms with Gasteiger partial charge in [-0.25, -0.2) is 4.79 Å². The Labute approximate surface area is 83.6 Å². The minimum Gasteiger partial charge on any atom is -0.458 e. The Hall–Kier alpha value is -0.710. The number of hydrogen-bond acceptors (Lipinski definition) is 4. The van der Waals surface area contributed by atoms with Crippen molar-refractivity contribution in [2.24, 2.45) is 5.92 Å². The van der Waals surface area contributed by atoms with Gasteiger partial charge < -0.3 is 4.74 Å². The third-order valence-electron chi connectivity index (χ3n) is 1.57. The Morgan fingerprint density at radius 1 is 1.54 bits per heavy atom. The highest BCUT2D eigenvalue weighted by molar-refractivity contribution is 7.78. The molecule has 4 nitrogen and oxygen atoms in total. The highest BCUT2D eigenvalue weighted by atomic mass is 32.1. The van der Waals surface area contributed by atoms with E-state index in [0.717, 1.165) is 12.8 Å². The molecule has 0 saturated heterocycles. The molecule has 1 unspecified atom stereocenters. The van der Waals surface area contributed by atoms with Crippen molar-refractivity contribution in [3.05, 3.63) is 0 Å². The van der Waals surface area contributed by atoms with Gasteiger partial charge in [-0.05, 0) is 12.3 Å². The Balaban J connectivity index is 3.63. The number of thiol groups is 1. The molecule has 0 aromatic heterocycles. The first-order valence-electron chi connectivity index (χ1n) is 4.23. The summed E-state index contributed by atoms with van der Waals surface area (Å²) in [6.45, 7) is 4.31. The first-order valence-corrected chi connectivity index (χ1v) is 4.67. The number of carbonyl (C=O) groups excluding carboxylic acids is 2. The molecule has 0 heterocycles.